The zero-order chi connectivity index (χ0) is 9.68. The molecule has 0 fully saturated rings. The van der Waals surface area contributed by atoms with Crippen molar-refractivity contribution in [2.75, 3.05) is 0 Å². The smallest absolute Gasteiger partial charge is 0.211 e. The molecule has 1 heterocycles. The van der Waals surface area contributed by atoms with Crippen LogP contribution in [0.3, 0.4) is 0 Å². The number of imidazole rings is 1. The van der Waals surface area contributed by atoms with Gasteiger partial charge in [0.1, 0.15) is 5.82 Å². The van der Waals surface area contributed by atoms with Crippen molar-refractivity contribution < 1.29 is 4.74 Å². The van der Waals surface area contributed by atoms with Crippen LogP contribution in [0.4, 0.5) is 0 Å². The first-order valence-corrected chi connectivity index (χ1v) is 3.93. The number of H-pyrrole nitrogens is 1. The molecular formula is C7H11N5O. The van der Waals surface area contributed by atoms with Crippen LogP contribution in [-0.2, 0) is 6.54 Å². The van der Waals surface area contributed by atoms with Gasteiger partial charge in [-0.1, -0.05) is 5.11 Å². The Morgan fingerprint density at radius 3 is 3.15 bits per heavy atom. The summed E-state index contributed by atoms with van der Waals surface area (Å²) in [4.78, 5) is 9.47. The van der Waals surface area contributed by atoms with Gasteiger partial charge in [-0.25, -0.2) is 4.98 Å². The summed E-state index contributed by atoms with van der Waals surface area (Å²) >= 11 is 0. The van der Waals surface area contributed by atoms with Crippen LogP contribution in [0, 0.1) is 0 Å². The lowest BCUT2D eigenvalue weighted by Crippen LogP contribution is -2.05. The molecule has 1 aromatic rings. The van der Waals surface area contributed by atoms with Gasteiger partial charge in [-0.2, -0.15) is 0 Å². The standard InChI is InChI=1S/C7H11N5O/c1-5(2)13-7-4-9-6(11-7)3-10-12-8/h4-5H,3H2,1-2H3,(H,9,11). The molecule has 0 aromatic carbocycles. The van der Waals surface area contributed by atoms with E-state index in [1.165, 1.54) is 0 Å². The number of hydrogen-bond donors (Lipinski definition) is 1. The van der Waals surface area contributed by atoms with E-state index in [2.05, 4.69) is 20.0 Å². The summed E-state index contributed by atoms with van der Waals surface area (Å²) in [6.07, 6.45) is 1.68. The number of ether oxygens (including phenoxy) is 1. The summed E-state index contributed by atoms with van der Waals surface area (Å²) in [5.41, 5.74) is 8.07. The summed E-state index contributed by atoms with van der Waals surface area (Å²) in [6, 6.07) is 0. The van der Waals surface area contributed by atoms with Gasteiger partial charge in [0.2, 0.25) is 5.88 Å². The van der Waals surface area contributed by atoms with Crippen molar-refractivity contribution >= 4 is 0 Å². The zero-order valence-corrected chi connectivity index (χ0v) is 7.56. The van der Waals surface area contributed by atoms with Gasteiger partial charge in [-0.15, -0.1) is 0 Å². The highest BCUT2D eigenvalue weighted by atomic mass is 16.5. The molecule has 1 rings (SSSR count). The topological polar surface area (TPSA) is 86.7 Å². The second kappa shape index (κ2) is 4.37. The Kier molecular flexibility index (Phi) is 3.16. The summed E-state index contributed by atoms with van der Waals surface area (Å²) in [6.45, 7) is 4.07. The van der Waals surface area contributed by atoms with Gasteiger partial charge in [-0.05, 0) is 19.4 Å². The molecule has 0 aliphatic carbocycles. The predicted molar refractivity (Wildman–Crippen MR) is 47.2 cm³/mol. The molecule has 1 N–H and O–H groups in total. The van der Waals surface area contributed by atoms with Gasteiger partial charge in [0, 0.05) is 4.91 Å². The molecule has 0 saturated carbocycles. The van der Waals surface area contributed by atoms with E-state index in [0.717, 1.165) is 0 Å². The van der Waals surface area contributed by atoms with Crippen molar-refractivity contribution in [1.82, 2.24) is 9.97 Å². The second-order valence-electron chi connectivity index (χ2n) is 2.75. The minimum atomic E-state index is 0.104. The summed E-state index contributed by atoms with van der Waals surface area (Å²) in [7, 11) is 0. The van der Waals surface area contributed by atoms with E-state index in [4.69, 9.17) is 10.3 Å². The van der Waals surface area contributed by atoms with Crippen LogP contribution in [0.5, 0.6) is 5.88 Å². The maximum absolute atomic E-state index is 8.07. The second-order valence-corrected chi connectivity index (χ2v) is 2.75. The van der Waals surface area contributed by atoms with E-state index in [0.29, 0.717) is 11.7 Å². The first kappa shape index (κ1) is 9.41. The van der Waals surface area contributed by atoms with E-state index >= 15 is 0 Å². The Morgan fingerprint density at radius 1 is 1.77 bits per heavy atom. The molecule has 0 bridgehead atoms. The maximum Gasteiger partial charge on any atom is 0.211 e. The first-order chi connectivity index (χ1) is 6.22. The van der Waals surface area contributed by atoms with E-state index in [1.54, 1.807) is 6.20 Å². The van der Waals surface area contributed by atoms with Gasteiger partial charge in [0.15, 0.2) is 0 Å². The molecule has 0 unspecified atom stereocenters. The number of azide groups is 1. The lowest BCUT2D eigenvalue weighted by atomic mass is 10.5. The van der Waals surface area contributed by atoms with Gasteiger partial charge in [0.05, 0.1) is 18.8 Å². The van der Waals surface area contributed by atoms with Crippen LogP contribution < -0.4 is 4.74 Å². The molecule has 0 radical (unpaired) electrons. The van der Waals surface area contributed by atoms with Crippen LogP contribution in [0.1, 0.15) is 19.7 Å². The van der Waals surface area contributed by atoms with Crippen molar-refractivity contribution in [3.63, 3.8) is 0 Å². The Labute approximate surface area is 75.6 Å². The third-order valence-corrected chi connectivity index (χ3v) is 1.25. The number of nitrogens with one attached hydrogen (secondary N) is 1. The van der Waals surface area contributed by atoms with Crippen molar-refractivity contribution in [3.05, 3.63) is 22.5 Å². The van der Waals surface area contributed by atoms with E-state index in [9.17, 15) is 0 Å². The van der Waals surface area contributed by atoms with E-state index in [-0.39, 0.29) is 12.6 Å². The van der Waals surface area contributed by atoms with Gasteiger partial charge in [-0.3, -0.25) is 0 Å². The molecule has 0 atom stereocenters. The van der Waals surface area contributed by atoms with Crippen molar-refractivity contribution in [3.8, 4) is 5.88 Å². The van der Waals surface area contributed by atoms with Crippen LogP contribution >= 0.6 is 0 Å². The fraction of sp³-hybridized carbons (Fsp3) is 0.571. The molecule has 13 heavy (non-hydrogen) atoms. The highest BCUT2D eigenvalue weighted by Crippen LogP contribution is 2.08. The average Bonchev–Trinajstić information content (AvgIpc) is 2.48. The number of aromatic amines is 1. The summed E-state index contributed by atoms with van der Waals surface area (Å²) in [5, 5.41) is 3.37. The van der Waals surface area contributed by atoms with Crippen molar-refractivity contribution in [1.29, 1.82) is 0 Å². The molecule has 0 aliphatic rings. The number of hydrogen-bond acceptors (Lipinski definition) is 3. The van der Waals surface area contributed by atoms with Crippen LogP contribution in [0.15, 0.2) is 11.3 Å². The van der Waals surface area contributed by atoms with E-state index in [1.807, 2.05) is 13.8 Å². The summed E-state index contributed by atoms with van der Waals surface area (Å²) in [5.74, 6) is 1.20. The normalized spacial score (nSPS) is 9.77. The Hall–Kier alpha value is -1.68. The third kappa shape index (κ3) is 3.04. The molecule has 0 aliphatic heterocycles. The number of nitrogens with zero attached hydrogens (tertiary/aromatic N) is 4. The Bertz CT molecular complexity index is 312. The third-order valence-electron chi connectivity index (χ3n) is 1.25. The van der Waals surface area contributed by atoms with E-state index < -0.39 is 0 Å². The molecule has 6 heteroatoms. The van der Waals surface area contributed by atoms with Crippen LogP contribution in [0.25, 0.3) is 10.4 Å². The van der Waals surface area contributed by atoms with Crippen LogP contribution in [-0.4, -0.2) is 16.1 Å². The van der Waals surface area contributed by atoms with Crippen molar-refractivity contribution in [2.45, 2.75) is 26.5 Å². The molecule has 70 valence electrons. The van der Waals surface area contributed by atoms with Crippen LogP contribution in [0.2, 0.25) is 0 Å². The average molecular weight is 181 g/mol. The largest absolute Gasteiger partial charge is 0.475 e. The minimum Gasteiger partial charge on any atom is -0.475 e. The minimum absolute atomic E-state index is 0.104. The Morgan fingerprint density at radius 2 is 2.54 bits per heavy atom. The van der Waals surface area contributed by atoms with Gasteiger partial charge < -0.3 is 9.72 Å². The molecule has 0 spiro atoms. The molecule has 0 saturated heterocycles. The highest BCUT2D eigenvalue weighted by molar-refractivity contribution is 5.07. The number of rotatable bonds is 4. The van der Waals surface area contributed by atoms with Gasteiger partial charge >= 0.3 is 0 Å². The molecular weight excluding hydrogens is 170 g/mol. The molecule has 0 amide bonds. The zero-order valence-electron chi connectivity index (χ0n) is 7.56. The number of aromatic nitrogens is 2. The first-order valence-electron chi connectivity index (χ1n) is 3.93. The lowest BCUT2D eigenvalue weighted by molar-refractivity contribution is 0.233. The Balaban J connectivity index is 2.58. The fourth-order valence-corrected chi connectivity index (χ4v) is 0.836. The fourth-order valence-electron chi connectivity index (χ4n) is 0.836. The highest BCUT2D eigenvalue weighted by Gasteiger charge is 2.01. The quantitative estimate of drug-likeness (QED) is 0.437. The lowest BCUT2D eigenvalue weighted by Gasteiger charge is -2.04. The summed E-state index contributed by atoms with van der Waals surface area (Å²) < 4.78 is 5.32. The monoisotopic (exact) mass is 181 g/mol. The predicted octanol–water partition coefficient (Wildman–Crippen LogP) is 2.01. The maximum atomic E-state index is 8.07. The molecule has 6 nitrogen and oxygen atoms in total. The van der Waals surface area contributed by atoms with Gasteiger partial charge in [0.25, 0.3) is 0 Å². The van der Waals surface area contributed by atoms with Crippen molar-refractivity contribution in [2.24, 2.45) is 5.11 Å². The SMILES string of the molecule is CC(C)Oc1cnc(CN=[N+]=[N-])[nH]1. The molecule has 1 aromatic heterocycles.